The predicted molar refractivity (Wildman–Crippen MR) is 70.4 cm³/mol. The predicted octanol–water partition coefficient (Wildman–Crippen LogP) is 1.48. The van der Waals surface area contributed by atoms with Crippen LogP contribution in [0.1, 0.15) is 26.7 Å². The number of amides is 1. The summed E-state index contributed by atoms with van der Waals surface area (Å²) in [5, 5.41) is 3.06. The molecule has 94 valence electrons. The molecule has 0 bridgehead atoms. The lowest BCUT2D eigenvalue weighted by molar-refractivity contribution is -0.126. The van der Waals surface area contributed by atoms with Crippen LogP contribution in [-0.4, -0.2) is 30.5 Å². The van der Waals surface area contributed by atoms with Gasteiger partial charge >= 0.3 is 0 Å². The lowest BCUT2D eigenvalue weighted by Gasteiger charge is -2.24. The van der Waals surface area contributed by atoms with E-state index in [0.29, 0.717) is 18.4 Å². The van der Waals surface area contributed by atoms with Gasteiger partial charge in [-0.1, -0.05) is 13.8 Å². The minimum atomic E-state index is -0.0297. The first-order valence-electron chi connectivity index (χ1n) is 6.20. The number of hydrogen-bond donors (Lipinski definition) is 2. The Balaban J connectivity index is 2.27. The van der Waals surface area contributed by atoms with Gasteiger partial charge in [-0.05, 0) is 36.2 Å². The summed E-state index contributed by atoms with van der Waals surface area (Å²) in [7, 11) is 0. The van der Waals surface area contributed by atoms with Gasteiger partial charge in [-0.3, -0.25) is 4.79 Å². The van der Waals surface area contributed by atoms with Crippen LogP contribution in [0.3, 0.4) is 0 Å². The largest absolute Gasteiger partial charge is 0.356 e. The molecule has 0 spiro atoms. The van der Waals surface area contributed by atoms with E-state index in [-0.39, 0.29) is 11.8 Å². The highest BCUT2D eigenvalue weighted by molar-refractivity contribution is 7.99. The molecule has 0 aromatic heterocycles. The van der Waals surface area contributed by atoms with Crippen molar-refractivity contribution in [2.45, 2.75) is 26.7 Å². The van der Waals surface area contributed by atoms with Crippen LogP contribution in [0.25, 0.3) is 0 Å². The van der Waals surface area contributed by atoms with Crippen LogP contribution in [0.4, 0.5) is 0 Å². The molecule has 1 atom stereocenters. The van der Waals surface area contributed by atoms with Gasteiger partial charge in [0.15, 0.2) is 0 Å². The van der Waals surface area contributed by atoms with Gasteiger partial charge in [-0.15, -0.1) is 0 Å². The maximum absolute atomic E-state index is 11.9. The Labute approximate surface area is 103 Å². The smallest absolute Gasteiger partial charge is 0.224 e. The normalized spacial score (nSPS) is 19.8. The molecule has 0 aromatic carbocycles. The Hall–Kier alpha value is -0.220. The summed E-state index contributed by atoms with van der Waals surface area (Å²) in [5.74, 6) is 3.59. The topological polar surface area (TPSA) is 55.1 Å². The second-order valence-electron chi connectivity index (χ2n) is 4.89. The van der Waals surface area contributed by atoms with Crippen LogP contribution < -0.4 is 11.1 Å². The molecule has 1 rings (SSSR count). The Bertz CT molecular complexity index is 215. The molecule has 4 heteroatoms. The summed E-state index contributed by atoms with van der Waals surface area (Å²) < 4.78 is 0. The fraction of sp³-hybridized carbons (Fsp3) is 0.917. The molecule has 1 fully saturated rings. The number of carbonyl (C=O) groups excluding carboxylic acids is 1. The van der Waals surface area contributed by atoms with Crippen molar-refractivity contribution < 1.29 is 4.79 Å². The Morgan fingerprint density at radius 3 is 2.56 bits per heavy atom. The SMILES string of the molecule is CC(C)C(CN)C(=O)NCC1CCSCC1. The number of nitrogens with one attached hydrogen (secondary N) is 1. The van der Waals surface area contributed by atoms with Crippen LogP contribution in [-0.2, 0) is 4.79 Å². The Kier molecular flexibility index (Phi) is 6.21. The molecule has 3 N–H and O–H groups in total. The molecule has 1 saturated heterocycles. The van der Waals surface area contributed by atoms with Crippen molar-refractivity contribution in [3.05, 3.63) is 0 Å². The van der Waals surface area contributed by atoms with Crippen molar-refractivity contribution in [1.82, 2.24) is 5.32 Å². The number of nitrogens with two attached hydrogens (primary N) is 1. The molecular formula is C12H24N2OS. The van der Waals surface area contributed by atoms with Gasteiger partial charge < -0.3 is 11.1 Å². The number of thioether (sulfide) groups is 1. The maximum Gasteiger partial charge on any atom is 0.224 e. The first-order chi connectivity index (χ1) is 7.65. The van der Waals surface area contributed by atoms with E-state index < -0.39 is 0 Å². The summed E-state index contributed by atoms with van der Waals surface area (Å²) >= 11 is 2.02. The Morgan fingerprint density at radius 2 is 2.06 bits per heavy atom. The van der Waals surface area contributed by atoms with Crippen LogP contribution in [0.2, 0.25) is 0 Å². The van der Waals surface area contributed by atoms with E-state index in [9.17, 15) is 4.79 Å². The van der Waals surface area contributed by atoms with E-state index >= 15 is 0 Å². The van der Waals surface area contributed by atoms with Crippen LogP contribution in [0, 0.1) is 17.8 Å². The third-order valence-corrected chi connectivity index (χ3v) is 4.35. The summed E-state index contributed by atoms with van der Waals surface area (Å²) in [6.45, 7) is 5.38. The van der Waals surface area contributed by atoms with Gasteiger partial charge in [-0.25, -0.2) is 0 Å². The Morgan fingerprint density at radius 1 is 1.44 bits per heavy atom. The minimum Gasteiger partial charge on any atom is -0.356 e. The molecule has 1 unspecified atom stereocenters. The maximum atomic E-state index is 11.9. The standard InChI is InChI=1S/C12H24N2OS/c1-9(2)11(7-13)12(15)14-8-10-3-5-16-6-4-10/h9-11H,3-8,13H2,1-2H3,(H,14,15). The fourth-order valence-corrected chi connectivity index (χ4v) is 3.21. The summed E-state index contributed by atoms with van der Waals surface area (Å²) in [4.78, 5) is 11.9. The molecule has 1 heterocycles. The van der Waals surface area contributed by atoms with Crippen LogP contribution in [0.15, 0.2) is 0 Å². The number of hydrogen-bond acceptors (Lipinski definition) is 3. The zero-order chi connectivity index (χ0) is 12.0. The summed E-state index contributed by atoms with van der Waals surface area (Å²) in [5.41, 5.74) is 5.62. The molecule has 1 aliphatic heterocycles. The van der Waals surface area contributed by atoms with Crippen molar-refractivity contribution in [2.24, 2.45) is 23.5 Å². The first-order valence-corrected chi connectivity index (χ1v) is 7.36. The highest BCUT2D eigenvalue weighted by atomic mass is 32.2. The van der Waals surface area contributed by atoms with Gasteiger partial charge in [0.2, 0.25) is 5.91 Å². The van der Waals surface area contributed by atoms with Gasteiger partial charge in [-0.2, -0.15) is 11.8 Å². The second-order valence-corrected chi connectivity index (χ2v) is 6.11. The lowest BCUT2D eigenvalue weighted by Crippen LogP contribution is -2.40. The van der Waals surface area contributed by atoms with Crippen molar-refractivity contribution in [3.63, 3.8) is 0 Å². The van der Waals surface area contributed by atoms with Gasteiger partial charge in [0.05, 0.1) is 5.92 Å². The van der Waals surface area contributed by atoms with E-state index in [4.69, 9.17) is 5.73 Å². The van der Waals surface area contributed by atoms with E-state index in [2.05, 4.69) is 5.32 Å². The zero-order valence-electron chi connectivity index (χ0n) is 10.4. The lowest BCUT2D eigenvalue weighted by atomic mass is 9.94. The molecule has 3 nitrogen and oxygen atoms in total. The summed E-state index contributed by atoms with van der Waals surface area (Å²) in [6.07, 6.45) is 2.47. The quantitative estimate of drug-likeness (QED) is 0.770. The van der Waals surface area contributed by atoms with E-state index in [1.54, 1.807) is 0 Å². The molecule has 1 amide bonds. The fourth-order valence-electron chi connectivity index (χ4n) is 2.01. The first kappa shape index (κ1) is 13.8. The average molecular weight is 244 g/mol. The minimum absolute atomic E-state index is 0.0297. The monoisotopic (exact) mass is 244 g/mol. The van der Waals surface area contributed by atoms with Crippen molar-refractivity contribution in [1.29, 1.82) is 0 Å². The highest BCUT2D eigenvalue weighted by Gasteiger charge is 2.21. The number of rotatable bonds is 5. The van der Waals surface area contributed by atoms with E-state index in [1.807, 2.05) is 25.6 Å². The molecule has 0 saturated carbocycles. The molecule has 0 radical (unpaired) electrons. The van der Waals surface area contributed by atoms with Gasteiger partial charge in [0, 0.05) is 13.1 Å². The number of carbonyl (C=O) groups is 1. The van der Waals surface area contributed by atoms with Gasteiger partial charge in [0.1, 0.15) is 0 Å². The molecule has 16 heavy (non-hydrogen) atoms. The van der Waals surface area contributed by atoms with Crippen molar-refractivity contribution >= 4 is 17.7 Å². The van der Waals surface area contributed by atoms with E-state index in [1.165, 1.54) is 24.3 Å². The zero-order valence-corrected chi connectivity index (χ0v) is 11.2. The van der Waals surface area contributed by atoms with Crippen LogP contribution in [0.5, 0.6) is 0 Å². The molecular weight excluding hydrogens is 220 g/mol. The molecule has 0 aliphatic carbocycles. The van der Waals surface area contributed by atoms with Crippen molar-refractivity contribution in [2.75, 3.05) is 24.6 Å². The summed E-state index contributed by atoms with van der Waals surface area (Å²) in [6, 6.07) is 0. The molecule has 1 aliphatic rings. The van der Waals surface area contributed by atoms with E-state index in [0.717, 1.165) is 6.54 Å². The van der Waals surface area contributed by atoms with Crippen molar-refractivity contribution in [3.8, 4) is 0 Å². The highest BCUT2D eigenvalue weighted by Crippen LogP contribution is 2.22. The van der Waals surface area contributed by atoms with Gasteiger partial charge in [0.25, 0.3) is 0 Å². The second kappa shape index (κ2) is 7.17. The third-order valence-electron chi connectivity index (χ3n) is 3.30. The third kappa shape index (κ3) is 4.34. The molecule has 0 aromatic rings. The van der Waals surface area contributed by atoms with Crippen LogP contribution >= 0.6 is 11.8 Å². The average Bonchev–Trinajstić information content (AvgIpc) is 2.28.